The highest BCUT2D eigenvalue weighted by atomic mass is 16.2. The summed E-state index contributed by atoms with van der Waals surface area (Å²) >= 11 is 0. The molecule has 0 aromatic heterocycles. The third-order valence-corrected chi connectivity index (χ3v) is 6.36. The first-order chi connectivity index (χ1) is 12.2. The van der Waals surface area contributed by atoms with E-state index < -0.39 is 0 Å². The Balaban J connectivity index is 1.36. The Bertz CT molecular complexity index is 582. The largest absolute Gasteiger partial charge is 0.339 e. The fraction of sp³-hybridized carbons (Fsp3) is 0.667. The zero-order valence-electron chi connectivity index (χ0n) is 15.4. The highest BCUT2D eigenvalue weighted by molar-refractivity contribution is 5.94. The standard InChI is InChI=1S/C21H31N3O/c1-2-23(20-7-8-20)15-16-3-5-17(6-4-16)21(25)24-11-9-18-13-22-14-19(18)10-12-24/h3-6,18-20,22H,2,7-15H2,1H3/t18-,19+. The topological polar surface area (TPSA) is 35.6 Å². The van der Waals surface area contributed by atoms with Gasteiger partial charge in [0, 0.05) is 31.2 Å². The van der Waals surface area contributed by atoms with Crippen LogP contribution in [0.25, 0.3) is 0 Å². The highest BCUT2D eigenvalue weighted by Gasteiger charge is 2.31. The molecule has 2 heterocycles. The second-order valence-corrected chi connectivity index (χ2v) is 8.04. The summed E-state index contributed by atoms with van der Waals surface area (Å²) in [6.45, 7) is 8.45. The molecule has 0 unspecified atom stereocenters. The minimum Gasteiger partial charge on any atom is -0.339 e. The Hall–Kier alpha value is -1.39. The zero-order valence-corrected chi connectivity index (χ0v) is 15.4. The van der Waals surface area contributed by atoms with Crippen LogP contribution in [-0.2, 0) is 6.54 Å². The van der Waals surface area contributed by atoms with Crippen molar-refractivity contribution >= 4 is 5.91 Å². The molecule has 1 N–H and O–H groups in total. The van der Waals surface area contributed by atoms with Crippen molar-refractivity contribution in [2.75, 3.05) is 32.7 Å². The average Bonchev–Trinajstić information content (AvgIpc) is 3.43. The van der Waals surface area contributed by atoms with Gasteiger partial charge in [-0.05, 0) is 74.8 Å². The minimum absolute atomic E-state index is 0.217. The SMILES string of the molecule is CCN(Cc1ccc(C(=O)N2CC[C@@H]3CNC[C@@H]3CC2)cc1)C1CC1. The maximum Gasteiger partial charge on any atom is 0.253 e. The van der Waals surface area contributed by atoms with E-state index in [-0.39, 0.29) is 5.91 Å². The van der Waals surface area contributed by atoms with Crippen LogP contribution in [0, 0.1) is 11.8 Å². The summed E-state index contributed by atoms with van der Waals surface area (Å²) in [6, 6.07) is 9.15. The molecule has 1 aliphatic carbocycles. The molecule has 0 radical (unpaired) electrons. The van der Waals surface area contributed by atoms with E-state index in [0.717, 1.165) is 75.6 Å². The summed E-state index contributed by atoms with van der Waals surface area (Å²) in [6.07, 6.45) is 4.98. The van der Waals surface area contributed by atoms with Crippen LogP contribution in [0.3, 0.4) is 0 Å². The van der Waals surface area contributed by atoms with Gasteiger partial charge in [0.2, 0.25) is 0 Å². The zero-order chi connectivity index (χ0) is 17.2. The molecule has 1 aromatic rings. The van der Waals surface area contributed by atoms with Gasteiger partial charge in [-0.3, -0.25) is 9.69 Å². The first kappa shape index (κ1) is 17.0. The number of benzene rings is 1. The molecule has 1 saturated carbocycles. The summed E-state index contributed by atoms with van der Waals surface area (Å²) in [5.41, 5.74) is 2.17. The van der Waals surface area contributed by atoms with Gasteiger partial charge in [-0.2, -0.15) is 0 Å². The van der Waals surface area contributed by atoms with Crippen molar-refractivity contribution in [1.82, 2.24) is 15.1 Å². The first-order valence-electron chi connectivity index (χ1n) is 10.1. The smallest absolute Gasteiger partial charge is 0.253 e. The number of likely N-dealkylation sites (tertiary alicyclic amines) is 1. The van der Waals surface area contributed by atoms with Gasteiger partial charge in [-0.25, -0.2) is 0 Å². The Labute approximate surface area is 151 Å². The molecule has 3 aliphatic rings. The Morgan fingerprint density at radius 2 is 1.72 bits per heavy atom. The molecule has 3 fully saturated rings. The van der Waals surface area contributed by atoms with Crippen LogP contribution in [0.4, 0.5) is 0 Å². The number of hydrogen-bond acceptors (Lipinski definition) is 3. The highest BCUT2D eigenvalue weighted by Crippen LogP contribution is 2.29. The summed E-state index contributed by atoms with van der Waals surface area (Å²) in [4.78, 5) is 17.5. The number of fused-ring (bicyclic) bond motifs is 1. The summed E-state index contributed by atoms with van der Waals surface area (Å²) in [5, 5.41) is 3.50. The lowest BCUT2D eigenvalue weighted by molar-refractivity contribution is 0.0758. The van der Waals surface area contributed by atoms with Gasteiger partial charge in [-0.15, -0.1) is 0 Å². The number of amides is 1. The van der Waals surface area contributed by atoms with Gasteiger partial charge in [0.1, 0.15) is 0 Å². The van der Waals surface area contributed by atoms with Crippen LogP contribution in [0.15, 0.2) is 24.3 Å². The van der Waals surface area contributed by atoms with Crippen molar-refractivity contribution in [3.63, 3.8) is 0 Å². The third kappa shape index (κ3) is 3.90. The number of rotatable bonds is 5. The van der Waals surface area contributed by atoms with Crippen LogP contribution >= 0.6 is 0 Å². The van der Waals surface area contributed by atoms with Crippen LogP contribution in [0.5, 0.6) is 0 Å². The van der Waals surface area contributed by atoms with E-state index in [1.807, 2.05) is 12.1 Å². The van der Waals surface area contributed by atoms with Gasteiger partial charge in [-0.1, -0.05) is 19.1 Å². The van der Waals surface area contributed by atoms with Crippen molar-refractivity contribution in [2.24, 2.45) is 11.8 Å². The summed E-state index contributed by atoms with van der Waals surface area (Å²) < 4.78 is 0. The first-order valence-corrected chi connectivity index (χ1v) is 10.1. The van der Waals surface area contributed by atoms with E-state index in [1.54, 1.807) is 0 Å². The third-order valence-electron chi connectivity index (χ3n) is 6.36. The molecule has 25 heavy (non-hydrogen) atoms. The number of carbonyl (C=O) groups is 1. The van der Waals surface area contributed by atoms with Gasteiger partial charge in [0.15, 0.2) is 0 Å². The molecule has 2 atom stereocenters. The van der Waals surface area contributed by atoms with Crippen molar-refractivity contribution < 1.29 is 4.79 Å². The number of nitrogens with zero attached hydrogens (tertiary/aromatic N) is 2. The van der Waals surface area contributed by atoms with Crippen molar-refractivity contribution in [3.8, 4) is 0 Å². The maximum absolute atomic E-state index is 12.9. The molecule has 136 valence electrons. The van der Waals surface area contributed by atoms with Crippen LogP contribution in [0.1, 0.15) is 48.5 Å². The van der Waals surface area contributed by atoms with E-state index in [0.29, 0.717) is 0 Å². The van der Waals surface area contributed by atoms with Gasteiger partial charge >= 0.3 is 0 Å². The quantitative estimate of drug-likeness (QED) is 0.894. The van der Waals surface area contributed by atoms with E-state index >= 15 is 0 Å². The van der Waals surface area contributed by atoms with Crippen LogP contribution in [-0.4, -0.2) is 54.5 Å². The lowest BCUT2D eigenvalue weighted by atomic mass is 9.92. The Morgan fingerprint density at radius 1 is 1.08 bits per heavy atom. The molecule has 1 amide bonds. The van der Waals surface area contributed by atoms with Crippen molar-refractivity contribution in [2.45, 2.75) is 45.2 Å². The fourth-order valence-electron chi connectivity index (χ4n) is 4.53. The molecule has 4 nitrogen and oxygen atoms in total. The van der Waals surface area contributed by atoms with E-state index in [4.69, 9.17) is 0 Å². The monoisotopic (exact) mass is 341 g/mol. The molecule has 2 saturated heterocycles. The summed E-state index contributed by atoms with van der Waals surface area (Å²) in [5.74, 6) is 1.75. The lowest BCUT2D eigenvalue weighted by Crippen LogP contribution is -2.32. The Kier molecular flexibility index (Phi) is 5.09. The molecular formula is C21H31N3O. The van der Waals surface area contributed by atoms with Crippen LogP contribution < -0.4 is 5.32 Å². The average molecular weight is 341 g/mol. The molecule has 0 spiro atoms. The van der Waals surface area contributed by atoms with Gasteiger partial charge in [0.25, 0.3) is 5.91 Å². The Morgan fingerprint density at radius 3 is 2.28 bits per heavy atom. The molecule has 0 bridgehead atoms. The molecular weight excluding hydrogens is 310 g/mol. The molecule has 4 heteroatoms. The normalized spacial score (nSPS) is 26.6. The molecule has 2 aliphatic heterocycles. The predicted molar refractivity (Wildman–Crippen MR) is 101 cm³/mol. The number of nitrogens with one attached hydrogen (secondary N) is 1. The number of carbonyl (C=O) groups excluding carboxylic acids is 1. The van der Waals surface area contributed by atoms with Crippen molar-refractivity contribution in [1.29, 1.82) is 0 Å². The van der Waals surface area contributed by atoms with Crippen LogP contribution in [0.2, 0.25) is 0 Å². The van der Waals surface area contributed by atoms with E-state index in [2.05, 4.69) is 34.2 Å². The second kappa shape index (κ2) is 7.46. The van der Waals surface area contributed by atoms with Gasteiger partial charge < -0.3 is 10.2 Å². The summed E-state index contributed by atoms with van der Waals surface area (Å²) in [7, 11) is 0. The maximum atomic E-state index is 12.9. The second-order valence-electron chi connectivity index (χ2n) is 8.04. The fourth-order valence-corrected chi connectivity index (χ4v) is 4.53. The minimum atomic E-state index is 0.217. The lowest BCUT2D eigenvalue weighted by Gasteiger charge is -2.22. The van der Waals surface area contributed by atoms with Crippen molar-refractivity contribution in [3.05, 3.63) is 35.4 Å². The number of hydrogen-bond donors (Lipinski definition) is 1. The predicted octanol–water partition coefficient (Wildman–Crippen LogP) is 2.74. The van der Waals surface area contributed by atoms with E-state index in [9.17, 15) is 4.79 Å². The molecule has 4 rings (SSSR count). The van der Waals surface area contributed by atoms with Gasteiger partial charge in [0.05, 0.1) is 0 Å². The van der Waals surface area contributed by atoms with E-state index in [1.165, 1.54) is 18.4 Å². The molecule has 1 aromatic carbocycles.